The van der Waals surface area contributed by atoms with Crippen LogP contribution in [-0.2, 0) is 14.3 Å². The van der Waals surface area contributed by atoms with Crippen LogP contribution in [0.4, 0.5) is 16.2 Å². The van der Waals surface area contributed by atoms with Crippen molar-refractivity contribution < 1.29 is 28.8 Å². The number of anilines is 1. The Morgan fingerprint density at radius 2 is 1.97 bits per heavy atom. The van der Waals surface area contributed by atoms with Gasteiger partial charge in [-0.3, -0.25) is 20.2 Å². The molecule has 29 heavy (non-hydrogen) atoms. The summed E-state index contributed by atoms with van der Waals surface area (Å²) in [6.07, 6.45) is 0. The summed E-state index contributed by atoms with van der Waals surface area (Å²) in [5, 5.41) is 15.6. The standard InChI is InChI=1S/C18H24N4O7/c1-12(2)10-19-18(25)20-16(23)11-29-17(24)14-9-13(22(26)27)3-4-15(14)21-5-7-28-8-6-21/h3-4,9,12H,5-8,10-11H2,1-2H3,(H2,19,20,23,25). The van der Waals surface area contributed by atoms with Gasteiger partial charge in [-0.15, -0.1) is 0 Å². The number of nitro groups is 1. The van der Waals surface area contributed by atoms with E-state index in [2.05, 4.69) is 5.32 Å². The second-order valence-electron chi connectivity index (χ2n) is 6.79. The maximum Gasteiger partial charge on any atom is 0.341 e. The fourth-order valence-corrected chi connectivity index (χ4v) is 2.59. The monoisotopic (exact) mass is 408 g/mol. The van der Waals surface area contributed by atoms with Crippen molar-refractivity contribution in [1.82, 2.24) is 10.6 Å². The first-order valence-corrected chi connectivity index (χ1v) is 9.14. The zero-order chi connectivity index (χ0) is 21.4. The molecule has 158 valence electrons. The van der Waals surface area contributed by atoms with Gasteiger partial charge in [0.15, 0.2) is 6.61 Å². The average Bonchev–Trinajstić information content (AvgIpc) is 2.70. The molecule has 3 amide bonds. The Bertz CT molecular complexity index is 775. The fraction of sp³-hybridized carbons (Fsp3) is 0.500. The van der Waals surface area contributed by atoms with Crippen LogP contribution in [0.25, 0.3) is 0 Å². The fourth-order valence-electron chi connectivity index (χ4n) is 2.59. The molecule has 2 N–H and O–H groups in total. The van der Waals surface area contributed by atoms with E-state index in [0.717, 1.165) is 6.07 Å². The van der Waals surface area contributed by atoms with Crippen molar-refractivity contribution in [3.05, 3.63) is 33.9 Å². The first kappa shape index (κ1) is 22.1. The number of rotatable bonds is 7. The van der Waals surface area contributed by atoms with Crippen LogP contribution < -0.4 is 15.5 Å². The Kier molecular flexibility index (Phi) is 7.89. The van der Waals surface area contributed by atoms with Gasteiger partial charge in [-0.2, -0.15) is 0 Å². The van der Waals surface area contributed by atoms with Crippen LogP contribution in [0.1, 0.15) is 24.2 Å². The Morgan fingerprint density at radius 1 is 1.28 bits per heavy atom. The van der Waals surface area contributed by atoms with Gasteiger partial charge in [0, 0.05) is 31.8 Å². The summed E-state index contributed by atoms with van der Waals surface area (Å²) in [6.45, 7) is 5.42. The predicted molar refractivity (Wildman–Crippen MR) is 103 cm³/mol. The van der Waals surface area contributed by atoms with E-state index in [1.165, 1.54) is 12.1 Å². The molecule has 0 atom stereocenters. The number of amides is 3. The first-order chi connectivity index (χ1) is 13.8. The quantitative estimate of drug-likeness (QED) is 0.388. The van der Waals surface area contributed by atoms with Crippen molar-refractivity contribution in [2.24, 2.45) is 5.92 Å². The lowest BCUT2D eigenvalue weighted by Crippen LogP contribution is -2.42. The summed E-state index contributed by atoms with van der Waals surface area (Å²) in [6, 6.07) is 3.19. The number of esters is 1. The van der Waals surface area contributed by atoms with Gasteiger partial charge >= 0.3 is 12.0 Å². The molecule has 0 saturated carbocycles. The maximum atomic E-state index is 12.5. The molecule has 11 nitrogen and oxygen atoms in total. The highest BCUT2D eigenvalue weighted by Gasteiger charge is 2.23. The van der Waals surface area contributed by atoms with Gasteiger partial charge in [0.05, 0.1) is 29.4 Å². The molecule has 1 saturated heterocycles. The summed E-state index contributed by atoms with van der Waals surface area (Å²) >= 11 is 0. The molecule has 1 heterocycles. The van der Waals surface area contributed by atoms with E-state index < -0.39 is 29.4 Å². The number of urea groups is 1. The van der Waals surface area contributed by atoms with Crippen LogP contribution in [0.2, 0.25) is 0 Å². The topological polar surface area (TPSA) is 140 Å². The molecule has 1 aromatic rings. The van der Waals surface area contributed by atoms with Gasteiger partial charge in [-0.25, -0.2) is 9.59 Å². The first-order valence-electron chi connectivity index (χ1n) is 9.14. The van der Waals surface area contributed by atoms with Gasteiger partial charge < -0.3 is 19.7 Å². The lowest BCUT2D eigenvalue weighted by molar-refractivity contribution is -0.384. The molecule has 11 heteroatoms. The van der Waals surface area contributed by atoms with Crippen molar-refractivity contribution >= 4 is 29.3 Å². The van der Waals surface area contributed by atoms with Crippen molar-refractivity contribution in [1.29, 1.82) is 0 Å². The number of carbonyl (C=O) groups is 3. The Morgan fingerprint density at radius 3 is 2.59 bits per heavy atom. The number of benzene rings is 1. The number of nitrogens with zero attached hydrogens (tertiary/aromatic N) is 2. The molecular weight excluding hydrogens is 384 g/mol. The van der Waals surface area contributed by atoms with Crippen molar-refractivity contribution in [3.8, 4) is 0 Å². The number of imide groups is 1. The lowest BCUT2D eigenvalue weighted by Gasteiger charge is -2.30. The summed E-state index contributed by atoms with van der Waals surface area (Å²) in [5.41, 5.74) is 0.156. The van der Waals surface area contributed by atoms with Crippen LogP contribution in [0, 0.1) is 16.0 Å². The lowest BCUT2D eigenvalue weighted by atomic mass is 10.1. The van der Waals surface area contributed by atoms with E-state index in [1.807, 2.05) is 24.1 Å². The zero-order valence-corrected chi connectivity index (χ0v) is 16.3. The molecule has 0 aromatic heterocycles. The molecule has 0 spiro atoms. The summed E-state index contributed by atoms with van der Waals surface area (Å²) < 4.78 is 10.2. The molecule has 1 fully saturated rings. The van der Waals surface area contributed by atoms with Gasteiger partial charge in [0.25, 0.3) is 11.6 Å². The highest BCUT2D eigenvalue weighted by molar-refractivity contribution is 5.99. The van der Waals surface area contributed by atoms with Crippen LogP contribution in [0.5, 0.6) is 0 Å². The number of nitrogens with one attached hydrogen (secondary N) is 2. The van der Waals surface area contributed by atoms with E-state index in [0.29, 0.717) is 38.5 Å². The predicted octanol–water partition coefficient (Wildman–Crippen LogP) is 1.07. The number of morpholine rings is 1. The normalized spacial score (nSPS) is 13.7. The number of hydrogen-bond donors (Lipinski definition) is 2. The summed E-state index contributed by atoms with van der Waals surface area (Å²) in [5.74, 6) is -1.49. The van der Waals surface area contributed by atoms with Gasteiger partial charge in [-0.1, -0.05) is 13.8 Å². The third kappa shape index (κ3) is 6.71. The number of hydrogen-bond acceptors (Lipinski definition) is 8. The van der Waals surface area contributed by atoms with Gasteiger partial charge in [0.1, 0.15) is 0 Å². The molecular formula is C18H24N4O7. The van der Waals surface area contributed by atoms with E-state index >= 15 is 0 Å². The Hall–Kier alpha value is -3.21. The third-order valence-electron chi connectivity index (χ3n) is 4.02. The van der Waals surface area contributed by atoms with Gasteiger partial charge in [-0.05, 0) is 12.0 Å². The van der Waals surface area contributed by atoms with Crippen molar-refractivity contribution in [2.45, 2.75) is 13.8 Å². The van der Waals surface area contributed by atoms with Crippen LogP contribution >= 0.6 is 0 Å². The molecule has 0 aliphatic carbocycles. The number of nitro benzene ring substituents is 1. The molecule has 1 aromatic carbocycles. The van der Waals surface area contributed by atoms with Crippen molar-refractivity contribution in [2.75, 3.05) is 44.4 Å². The van der Waals surface area contributed by atoms with E-state index in [1.54, 1.807) is 0 Å². The minimum absolute atomic E-state index is 0.0295. The molecule has 1 aliphatic rings. The molecule has 0 radical (unpaired) electrons. The second kappa shape index (κ2) is 10.4. The number of non-ortho nitro benzene ring substituents is 1. The highest BCUT2D eigenvalue weighted by Crippen LogP contribution is 2.27. The number of ether oxygens (including phenoxy) is 2. The minimum Gasteiger partial charge on any atom is -0.452 e. The molecule has 1 aliphatic heterocycles. The maximum absolute atomic E-state index is 12.5. The van der Waals surface area contributed by atoms with Crippen LogP contribution in [0.3, 0.4) is 0 Å². The molecule has 2 rings (SSSR count). The Labute approximate surface area is 167 Å². The SMILES string of the molecule is CC(C)CNC(=O)NC(=O)COC(=O)c1cc([N+](=O)[O-])ccc1N1CCOCC1. The average molecular weight is 408 g/mol. The van der Waals surface area contributed by atoms with E-state index in [4.69, 9.17) is 9.47 Å². The highest BCUT2D eigenvalue weighted by atomic mass is 16.6. The summed E-state index contributed by atoms with van der Waals surface area (Å²) in [7, 11) is 0. The molecule has 0 bridgehead atoms. The minimum atomic E-state index is -0.895. The third-order valence-corrected chi connectivity index (χ3v) is 4.02. The van der Waals surface area contributed by atoms with Crippen LogP contribution in [0.15, 0.2) is 18.2 Å². The smallest absolute Gasteiger partial charge is 0.341 e. The zero-order valence-electron chi connectivity index (χ0n) is 16.3. The van der Waals surface area contributed by atoms with Crippen molar-refractivity contribution in [3.63, 3.8) is 0 Å². The second-order valence-corrected chi connectivity index (χ2v) is 6.79. The van der Waals surface area contributed by atoms with Crippen LogP contribution in [-0.4, -0.2) is 62.3 Å². The largest absolute Gasteiger partial charge is 0.452 e. The van der Waals surface area contributed by atoms with E-state index in [9.17, 15) is 24.5 Å². The van der Waals surface area contributed by atoms with Gasteiger partial charge in [0.2, 0.25) is 0 Å². The van der Waals surface area contributed by atoms with E-state index in [-0.39, 0.29) is 17.2 Å². The molecule has 0 unspecified atom stereocenters. The Balaban J connectivity index is 2.04. The summed E-state index contributed by atoms with van der Waals surface area (Å²) in [4.78, 5) is 48.2. The number of carbonyl (C=O) groups excluding carboxylic acids is 3.